The highest BCUT2D eigenvalue weighted by Crippen LogP contribution is 2.32. The van der Waals surface area contributed by atoms with Crippen LogP contribution in [0.3, 0.4) is 0 Å². The lowest BCUT2D eigenvalue weighted by Crippen LogP contribution is -2.36. The summed E-state index contributed by atoms with van der Waals surface area (Å²) in [5.41, 5.74) is 2.56. The number of anilines is 1. The van der Waals surface area contributed by atoms with E-state index in [1.54, 1.807) is 12.1 Å². The van der Waals surface area contributed by atoms with Crippen LogP contribution in [0, 0.1) is 0 Å². The van der Waals surface area contributed by atoms with E-state index in [2.05, 4.69) is 25.3 Å². The van der Waals surface area contributed by atoms with Crippen molar-refractivity contribution in [3.05, 3.63) is 58.1 Å². The third-order valence-electron chi connectivity index (χ3n) is 3.71. The van der Waals surface area contributed by atoms with Gasteiger partial charge in [-0.3, -0.25) is 4.79 Å². The summed E-state index contributed by atoms with van der Waals surface area (Å²) in [5.74, 6) is 0.615. The number of fused-ring (bicyclic) bond motifs is 1. The molecule has 1 aliphatic heterocycles. The third-order valence-corrected chi connectivity index (χ3v) is 4.68. The minimum absolute atomic E-state index is 0.00224. The molecular formula is C23H33NO3S. The van der Waals surface area contributed by atoms with Crippen molar-refractivity contribution in [2.45, 2.75) is 41.0 Å². The number of morpholine rings is 1. The van der Waals surface area contributed by atoms with E-state index >= 15 is 0 Å². The Balaban J connectivity index is 0.000000717. The topological polar surface area (TPSA) is 42.7 Å². The average Bonchev–Trinajstić information content (AvgIpc) is 3.15. The molecule has 3 heterocycles. The molecule has 2 aromatic heterocycles. The minimum Gasteiger partial charge on any atom is -0.439 e. The van der Waals surface area contributed by atoms with Gasteiger partial charge in [-0.05, 0) is 12.5 Å². The molecule has 0 unspecified atom stereocenters. The molecule has 1 fully saturated rings. The van der Waals surface area contributed by atoms with Gasteiger partial charge in [0.25, 0.3) is 0 Å². The molecule has 0 aliphatic carbocycles. The fraction of sp³-hybridized carbons (Fsp3) is 0.435. The Morgan fingerprint density at radius 2 is 1.93 bits per heavy atom. The number of hydrogen-bond acceptors (Lipinski definition) is 5. The van der Waals surface area contributed by atoms with Gasteiger partial charge in [-0.2, -0.15) is 0 Å². The van der Waals surface area contributed by atoms with Gasteiger partial charge in [0.05, 0.1) is 13.2 Å². The van der Waals surface area contributed by atoms with Crippen LogP contribution in [0.15, 0.2) is 51.5 Å². The molecule has 2 aromatic rings. The van der Waals surface area contributed by atoms with Crippen LogP contribution in [-0.2, 0) is 4.74 Å². The minimum atomic E-state index is 0.00224. The van der Waals surface area contributed by atoms with Crippen LogP contribution in [0.2, 0.25) is 0 Å². The zero-order valence-electron chi connectivity index (χ0n) is 17.8. The van der Waals surface area contributed by atoms with E-state index in [9.17, 15) is 4.79 Å². The SMILES string of the molecule is C=C/C=C(\C=C/C)c1csc2c(=O)cc(N3CCOCC3)oc12.CC.CCC. The largest absolute Gasteiger partial charge is 0.439 e. The Bertz CT molecular complexity index is 839. The van der Waals surface area contributed by atoms with Gasteiger partial charge in [0.15, 0.2) is 11.5 Å². The van der Waals surface area contributed by atoms with Crippen LogP contribution in [0.1, 0.15) is 46.6 Å². The smallest absolute Gasteiger partial charge is 0.204 e. The normalized spacial score (nSPS) is 14.3. The van der Waals surface area contributed by atoms with Crippen molar-refractivity contribution >= 4 is 33.1 Å². The van der Waals surface area contributed by atoms with Crippen molar-refractivity contribution < 1.29 is 9.15 Å². The quantitative estimate of drug-likeness (QED) is 0.564. The maximum absolute atomic E-state index is 12.4. The first-order valence-electron chi connectivity index (χ1n) is 10.00. The van der Waals surface area contributed by atoms with Crippen molar-refractivity contribution in [1.29, 1.82) is 0 Å². The first-order chi connectivity index (χ1) is 13.7. The zero-order chi connectivity index (χ0) is 20.9. The van der Waals surface area contributed by atoms with Crippen molar-refractivity contribution in [1.82, 2.24) is 0 Å². The molecule has 0 saturated carbocycles. The van der Waals surface area contributed by atoms with Gasteiger partial charge in [-0.25, -0.2) is 0 Å². The summed E-state index contributed by atoms with van der Waals surface area (Å²) in [6.45, 7) is 16.7. The number of hydrogen-bond donors (Lipinski definition) is 0. The molecule has 154 valence electrons. The molecule has 0 spiro atoms. The van der Waals surface area contributed by atoms with E-state index in [1.165, 1.54) is 17.8 Å². The second kappa shape index (κ2) is 13.1. The van der Waals surface area contributed by atoms with Crippen LogP contribution >= 0.6 is 11.3 Å². The Labute approximate surface area is 172 Å². The van der Waals surface area contributed by atoms with Gasteiger partial charge in [0.2, 0.25) is 5.43 Å². The van der Waals surface area contributed by atoms with Crippen molar-refractivity contribution in [2.24, 2.45) is 0 Å². The molecule has 0 amide bonds. The molecule has 0 radical (unpaired) electrons. The molecule has 4 nitrogen and oxygen atoms in total. The molecule has 0 atom stereocenters. The summed E-state index contributed by atoms with van der Waals surface area (Å²) in [5, 5.41) is 1.97. The van der Waals surface area contributed by atoms with Crippen LogP contribution in [0.4, 0.5) is 5.88 Å². The van der Waals surface area contributed by atoms with Crippen LogP contribution in [-0.4, -0.2) is 26.3 Å². The average molecular weight is 404 g/mol. The van der Waals surface area contributed by atoms with E-state index < -0.39 is 0 Å². The monoisotopic (exact) mass is 403 g/mol. The maximum atomic E-state index is 12.4. The number of allylic oxidation sites excluding steroid dienone is 5. The zero-order valence-corrected chi connectivity index (χ0v) is 18.6. The molecule has 5 heteroatoms. The molecular weight excluding hydrogens is 370 g/mol. The summed E-state index contributed by atoms with van der Waals surface area (Å²) in [6, 6.07) is 1.58. The van der Waals surface area contributed by atoms with Gasteiger partial charge in [-0.15, -0.1) is 11.3 Å². The Kier molecular flexibility index (Phi) is 11.2. The summed E-state index contributed by atoms with van der Waals surface area (Å²) in [4.78, 5) is 14.5. The summed E-state index contributed by atoms with van der Waals surface area (Å²) in [7, 11) is 0. The van der Waals surface area contributed by atoms with E-state index in [0.29, 0.717) is 29.4 Å². The first kappa shape index (κ1) is 23.9. The fourth-order valence-corrected chi connectivity index (χ4v) is 3.52. The second-order valence-electron chi connectivity index (χ2n) is 5.92. The van der Waals surface area contributed by atoms with Crippen molar-refractivity contribution in [3.8, 4) is 0 Å². The van der Waals surface area contributed by atoms with E-state index in [-0.39, 0.29) is 5.43 Å². The fourth-order valence-electron chi connectivity index (χ4n) is 2.61. The lowest BCUT2D eigenvalue weighted by atomic mass is 10.1. The Hall–Kier alpha value is -2.11. The predicted octanol–water partition coefficient (Wildman–Crippen LogP) is 6.28. The van der Waals surface area contributed by atoms with Crippen LogP contribution < -0.4 is 10.3 Å². The van der Waals surface area contributed by atoms with Gasteiger partial charge in [0, 0.05) is 30.1 Å². The standard InChI is InChI=1S/C18H19NO3S.C3H8.C2H6/c1-3-5-13(6-4-2)14-12-23-18-15(20)11-16(22-17(14)18)19-7-9-21-10-8-19;1-3-2;1-2/h3-6,11-12H,1,7-10H2,2H3;3H2,1-2H3;1-2H3/b6-4-,13-5+;;. The summed E-state index contributed by atoms with van der Waals surface area (Å²) >= 11 is 1.42. The highest BCUT2D eigenvalue weighted by Gasteiger charge is 2.18. The molecule has 0 aromatic carbocycles. The van der Waals surface area contributed by atoms with Gasteiger partial charge >= 0.3 is 0 Å². The first-order valence-corrected chi connectivity index (χ1v) is 10.9. The number of rotatable bonds is 4. The number of ether oxygens (including phenoxy) is 1. The van der Waals surface area contributed by atoms with Crippen molar-refractivity contribution in [2.75, 3.05) is 31.2 Å². The van der Waals surface area contributed by atoms with Crippen molar-refractivity contribution in [3.63, 3.8) is 0 Å². The lowest BCUT2D eigenvalue weighted by molar-refractivity contribution is 0.121. The Morgan fingerprint density at radius 3 is 2.50 bits per heavy atom. The van der Waals surface area contributed by atoms with Crippen LogP contribution in [0.25, 0.3) is 15.9 Å². The highest BCUT2D eigenvalue weighted by atomic mass is 32.1. The van der Waals surface area contributed by atoms with Gasteiger partial charge < -0.3 is 14.1 Å². The molecule has 28 heavy (non-hydrogen) atoms. The number of thiophene rings is 1. The van der Waals surface area contributed by atoms with E-state index in [0.717, 1.165) is 24.2 Å². The number of nitrogens with zero attached hydrogens (tertiary/aromatic N) is 1. The predicted molar refractivity (Wildman–Crippen MR) is 124 cm³/mol. The maximum Gasteiger partial charge on any atom is 0.204 e. The highest BCUT2D eigenvalue weighted by molar-refractivity contribution is 7.17. The summed E-state index contributed by atoms with van der Waals surface area (Å²) in [6.07, 6.45) is 8.86. The van der Waals surface area contributed by atoms with Gasteiger partial charge in [0.1, 0.15) is 4.70 Å². The van der Waals surface area contributed by atoms with E-state index in [4.69, 9.17) is 9.15 Å². The third kappa shape index (κ3) is 6.21. The molecule has 0 N–H and O–H groups in total. The van der Waals surface area contributed by atoms with Gasteiger partial charge in [-0.1, -0.05) is 65.0 Å². The van der Waals surface area contributed by atoms with E-state index in [1.807, 2.05) is 44.4 Å². The summed E-state index contributed by atoms with van der Waals surface area (Å²) < 4.78 is 12.1. The second-order valence-corrected chi connectivity index (χ2v) is 6.80. The molecule has 0 bridgehead atoms. The Morgan fingerprint density at radius 1 is 1.29 bits per heavy atom. The molecule has 1 saturated heterocycles. The van der Waals surface area contributed by atoms with Crippen LogP contribution in [0.5, 0.6) is 0 Å². The molecule has 1 aliphatic rings. The lowest BCUT2D eigenvalue weighted by Gasteiger charge is -2.27. The molecule has 3 rings (SSSR count).